The zero-order valence-corrected chi connectivity index (χ0v) is 21.3. The summed E-state index contributed by atoms with van der Waals surface area (Å²) in [5.41, 5.74) is 3.09. The number of nitrogens with zero attached hydrogens (tertiary/aromatic N) is 6. The van der Waals surface area contributed by atoms with Gasteiger partial charge in [0, 0.05) is 37.4 Å². The van der Waals surface area contributed by atoms with E-state index in [2.05, 4.69) is 20.1 Å². The highest BCUT2D eigenvalue weighted by molar-refractivity contribution is 6.31. The molecular weight excluding hydrogens is 468 g/mol. The number of hydrogen-bond donors (Lipinski definition) is 1. The van der Waals surface area contributed by atoms with Crippen molar-refractivity contribution in [3.8, 4) is 22.8 Å². The van der Waals surface area contributed by atoms with Crippen LogP contribution in [0, 0.1) is 20.8 Å². The first kappa shape index (κ1) is 24.6. The van der Waals surface area contributed by atoms with E-state index in [9.17, 15) is 9.90 Å². The fourth-order valence-electron chi connectivity index (χ4n) is 3.66. The Hall–Kier alpha value is -3.56. The Morgan fingerprint density at radius 1 is 1.11 bits per heavy atom. The van der Waals surface area contributed by atoms with Crippen molar-refractivity contribution in [2.24, 2.45) is 7.05 Å². The predicted molar refractivity (Wildman–Crippen MR) is 133 cm³/mol. The lowest BCUT2D eigenvalue weighted by Gasteiger charge is -2.18. The van der Waals surface area contributed by atoms with Gasteiger partial charge in [-0.05, 0) is 57.9 Å². The highest BCUT2D eigenvalue weighted by Gasteiger charge is 2.22. The zero-order valence-electron chi connectivity index (χ0n) is 20.5. The summed E-state index contributed by atoms with van der Waals surface area (Å²) in [6, 6.07) is 5.36. The second kappa shape index (κ2) is 9.24. The molecule has 4 heterocycles. The number of ether oxygens (including phenoxy) is 1. The van der Waals surface area contributed by atoms with Crippen LogP contribution in [0.1, 0.15) is 42.2 Å². The first-order chi connectivity index (χ1) is 16.5. The number of pyridine rings is 2. The highest BCUT2D eigenvalue weighted by atomic mass is 35.5. The summed E-state index contributed by atoms with van der Waals surface area (Å²) in [6.07, 6.45) is 5.15. The van der Waals surface area contributed by atoms with Crippen molar-refractivity contribution in [1.82, 2.24) is 29.3 Å². The van der Waals surface area contributed by atoms with Crippen molar-refractivity contribution in [2.75, 3.05) is 0 Å². The van der Waals surface area contributed by atoms with Gasteiger partial charge in [0.2, 0.25) is 0 Å². The smallest absolute Gasteiger partial charge is 0.277 e. The maximum absolute atomic E-state index is 13.3. The van der Waals surface area contributed by atoms with Gasteiger partial charge < -0.3 is 9.84 Å². The third-order valence-electron chi connectivity index (χ3n) is 5.52. The molecule has 9 nitrogen and oxygen atoms in total. The molecular formula is C25H27ClN6O3. The molecule has 0 bridgehead atoms. The van der Waals surface area contributed by atoms with Crippen LogP contribution in [0.3, 0.4) is 0 Å². The average molecular weight is 495 g/mol. The largest absolute Gasteiger partial charge is 0.485 e. The maximum Gasteiger partial charge on any atom is 0.277 e. The Bertz CT molecular complexity index is 1470. The normalized spacial score (nSPS) is 11.7. The molecule has 0 aliphatic carbocycles. The fourth-order valence-corrected chi connectivity index (χ4v) is 3.85. The highest BCUT2D eigenvalue weighted by Crippen LogP contribution is 2.28. The molecule has 10 heteroatoms. The van der Waals surface area contributed by atoms with Gasteiger partial charge >= 0.3 is 0 Å². The Labute approximate surface area is 208 Å². The van der Waals surface area contributed by atoms with Crippen LogP contribution in [-0.4, -0.2) is 34.4 Å². The Morgan fingerprint density at radius 2 is 1.83 bits per heavy atom. The van der Waals surface area contributed by atoms with E-state index in [1.54, 1.807) is 43.1 Å². The maximum atomic E-state index is 13.3. The van der Waals surface area contributed by atoms with Crippen LogP contribution in [0.15, 0.2) is 41.6 Å². The molecule has 0 radical (unpaired) electrons. The van der Waals surface area contributed by atoms with Crippen molar-refractivity contribution in [3.05, 3.63) is 80.5 Å². The Morgan fingerprint density at radius 3 is 2.49 bits per heavy atom. The lowest BCUT2D eigenvalue weighted by Crippen LogP contribution is -2.23. The number of rotatable bonds is 6. The summed E-state index contributed by atoms with van der Waals surface area (Å²) in [4.78, 5) is 26.6. The van der Waals surface area contributed by atoms with Gasteiger partial charge in [-0.3, -0.25) is 19.0 Å². The average Bonchev–Trinajstić information content (AvgIpc) is 3.21. The molecule has 0 unspecified atom stereocenters. The van der Waals surface area contributed by atoms with Gasteiger partial charge in [-0.1, -0.05) is 11.6 Å². The zero-order chi connectivity index (χ0) is 25.5. The summed E-state index contributed by atoms with van der Waals surface area (Å²) in [5, 5.41) is 14.6. The van der Waals surface area contributed by atoms with Crippen molar-refractivity contribution in [3.63, 3.8) is 0 Å². The van der Waals surface area contributed by atoms with Gasteiger partial charge in [-0.15, -0.1) is 0 Å². The lowest BCUT2D eigenvalue weighted by molar-refractivity contribution is 0.0688. The first-order valence-electron chi connectivity index (χ1n) is 11.0. The van der Waals surface area contributed by atoms with E-state index >= 15 is 0 Å². The number of aromatic nitrogens is 6. The van der Waals surface area contributed by atoms with Crippen LogP contribution in [0.2, 0.25) is 5.02 Å². The molecule has 0 spiro atoms. The Kier molecular flexibility index (Phi) is 6.48. The molecule has 4 rings (SSSR count). The molecule has 0 atom stereocenters. The lowest BCUT2D eigenvalue weighted by atomic mass is 10.1. The number of halogens is 1. The summed E-state index contributed by atoms with van der Waals surface area (Å²) < 4.78 is 9.01. The molecule has 1 N–H and O–H groups in total. The molecule has 0 saturated carbocycles. The number of aliphatic hydroxyl groups is 1. The van der Waals surface area contributed by atoms with E-state index < -0.39 is 11.2 Å². The minimum Gasteiger partial charge on any atom is -0.485 e. The van der Waals surface area contributed by atoms with Crippen LogP contribution in [0.25, 0.3) is 17.1 Å². The van der Waals surface area contributed by atoms with E-state index in [1.165, 1.54) is 4.57 Å². The van der Waals surface area contributed by atoms with Crippen LogP contribution >= 0.6 is 11.6 Å². The third-order valence-corrected chi connectivity index (χ3v) is 5.87. The molecule has 0 aliphatic heterocycles. The minimum absolute atomic E-state index is 0.0215. The molecule has 0 aromatic carbocycles. The minimum atomic E-state index is -1.21. The summed E-state index contributed by atoms with van der Waals surface area (Å²) in [5.74, 6) is 0.581. The van der Waals surface area contributed by atoms with Gasteiger partial charge in [0.25, 0.3) is 5.56 Å². The van der Waals surface area contributed by atoms with Crippen molar-refractivity contribution < 1.29 is 9.84 Å². The van der Waals surface area contributed by atoms with Gasteiger partial charge in [-0.25, -0.2) is 9.97 Å². The van der Waals surface area contributed by atoms with E-state index in [4.69, 9.17) is 16.3 Å². The van der Waals surface area contributed by atoms with Crippen LogP contribution in [-0.2, 0) is 19.3 Å². The predicted octanol–water partition coefficient (Wildman–Crippen LogP) is 3.81. The first-order valence-corrected chi connectivity index (χ1v) is 11.4. The molecule has 0 saturated heterocycles. The topological polar surface area (TPSA) is 108 Å². The van der Waals surface area contributed by atoms with Crippen LogP contribution in [0.4, 0.5) is 0 Å². The standard InChI is InChI=1S/C25H27ClN6O3/c1-14-11-27-18(22-15(2)12-28-24(29-22)25(4,5)34)10-19(14)32-16(3)9-20(21(26)23(32)33)35-13-17-7-8-31(6)30-17/h7-12,34H,13H2,1-6H3. The quantitative estimate of drug-likeness (QED) is 0.434. The molecule has 4 aromatic rings. The van der Waals surface area contributed by atoms with Gasteiger partial charge in [-0.2, -0.15) is 5.10 Å². The Balaban J connectivity index is 1.76. The van der Waals surface area contributed by atoms with Crippen LogP contribution < -0.4 is 10.3 Å². The SMILES string of the molecule is Cc1cnc(-c2nc(C(C)(C)O)ncc2C)cc1-n1c(C)cc(OCc2ccn(C)n2)c(Cl)c1=O. The van der Waals surface area contributed by atoms with E-state index in [0.29, 0.717) is 28.5 Å². The van der Waals surface area contributed by atoms with Gasteiger partial charge in [0.05, 0.1) is 22.8 Å². The molecule has 0 fully saturated rings. The second-order valence-electron chi connectivity index (χ2n) is 9.01. The second-order valence-corrected chi connectivity index (χ2v) is 9.39. The molecule has 0 aliphatic rings. The summed E-state index contributed by atoms with van der Waals surface area (Å²) in [6.45, 7) is 8.99. The van der Waals surface area contributed by atoms with Crippen LogP contribution in [0.5, 0.6) is 5.75 Å². The molecule has 182 valence electrons. The summed E-state index contributed by atoms with van der Waals surface area (Å²) >= 11 is 6.45. The molecule has 4 aromatic heterocycles. The summed E-state index contributed by atoms with van der Waals surface area (Å²) in [7, 11) is 1.82. The molecule has 35 heavy (non-hydrogen) atoms. The van der Waals surface area contributed by atoms with Crippen molar-refractivity contribution in [1.29, 1.82) is 0 Å². The van der Waals surface area contributed by atoms with E-state index in [1.807, 2.05) is 40.1 Å². The number of aryl methyl sites for hydroxylation is 4. The number of hydrogen-bond acceptors (Lipinski definition) is 7. The van der Waals surface area contributed by atoms with Crippen molar-refractivity contribution in [2.45, 2.75) is 46.8 Å². The monoisotopic (exact) mass is 494 g/mol. The fraction of sp³-hybridized carbons (Fsp3) is 0.320. The van der Waals surface area contributed by atoms with E-state index in [-0.39, 0.29) is 17.5 Å². The van der Waals surface area contributed by atoms with Gasteiger partial charge in [0.15, 0.2) is 5.82 Å². The third kappa shape index (κ3) is 4.96. The van der Waals surface area contributed by atoms with E-state index in [0.717, 1.165) is 16.8 Å². The van der Waals surface area contributed by atoms with Gasteiger partial charge in [0.1, 0.15) is 23.0 Å². The van der Waals surface area contributed by atoms with Crippen molar-refractivity contribution >= 4 is 11.6 Å². The molecule has 0 amide bonds.